The van der Waals surface area contributed by atoms with Crippen molar-refractivity contribution in [2.45, 2.75) is 56.7 Å². The third kappa shape index (κ3) is 1.57. The lowest BCUT2D eigenvalue weighted by Gasteiger charge is -2.60. The summed E-state index contributed by atoms with van der Waals surface area (Å²) in [4.78, 5) is 0. The highest BCUT2D eigenvalue weighted by Crippen LogP contribution is 2.46. The van der Waals surface area contributed by atoms with Crippen molar-refractivity contribution in [2.24, 2.45) is 5.92 Å². The lowest BCUT2D eigenvalue weighted by atomic mass is 9.67. The van der Waals surface area contributed by atoms with Crippen LogP contribution in [0.2, 0.25) is 0 Å². The van der Waals surface area contributed by atoms with Gasteiger partial charge in [0.25, 0.3) is 0 Å². The first-order valence-electron chi connectivity index (χ1n) is 6.19. The second-order valence-electron chi connectivity index (χ2n) is 5.64. The molecule has 0 aromatic heterocycles. The van der Waals surface area contributed by atoms with Gasteiger partial charge in [0, 0.05) is 12.8 Å². The van der Waals surface area contributed by atoms with Gasteiger partial charge in [-0.05, 0) is 19.8 Å². The van der Waals surface area contributed by atoms with Gasteiger partial charge in [-0.3, -0.25) is 0 Å². The molecule has 0 spiro atoms. The van der Waals surface area contributed by atoms with Crippen molar-refractivity contribution in [2.75, 3.05) is 7.05 Å². The lowest BCUT2D eigenvalue weighted by molar-refractivity contribution is -0.923. The Morgan fingerprint density at radius 1 is 1.44 bits per heavy atom. The van der Waals surface area contributed by atoms with Crippen LogP contribution in [0.25, 0.3) is 0 Å². The summed E-state index contributed by atoms with van der Waals surface area (Å²) in [5, 5.41) is 23.1. The number of terminal acetylenes is 1. The van der Waals surface area contributed by atoms with Crippen LogP contribution in [0.1, 0.15) is 39.0 Å². The third-order valence-electron chi connectivity index (χ3n) is 4.73. The van der Waals surface area contributed by atoms with Crippen molar-refractivity contribution in [1.29, 1.82) is 0 Å². The zero-order chi connectivity index (χ0) is 12.0. The van der Waals surface area contributed by atoms with Crippen LogP contribution in [0.3, 0.4) is 0 Å². The molecule has 0 aromatic carbocycles. The first kappa shape index (κ1) is 11.9. The summed E-state index contributed by atoms with van der Waals surface area (Å²) < 4.78 is -0.228. The average molecular weight is 223 g/mol. The maximum absolute atomic E-state index is 12.6. The van der Waals surface area contributed by atoms with Crippen LogP contribution in [0.4, 0.5) is 0 Å². The quantitative estimate of drug-likeness (QED) is 0.385. The van der Waals surface area contributed by atoms with Crippen LogP contribution >= 0.6 is 0 Å². The van der Waals surface area contributed by atoms with E-state index in [0.717, 1.165) is 25.7 Å². The number of aliphatic hydroxyl groups is 1. The second-order valence-corrected chi connectivity index (χ2v) is 5.64. The summed E-state index contributed by atoms with van der Waals surface area (Å²) in [6.45, 7) is 1.90. The number of likely N-dealkylation sites (tertiary alicyclic amines) is 1. The van der Waals surface area contributed by atoms with E-state index in [1.54, 1.807) is 7.05 Å². The van der Waals surface area contributed by atoms with E-state index in [-0.39, 0.29) is 22.6 Å². The van der Waals surface area contributed by atoms with Crippen molar-refractivity contribution >= 4 is 0 Å². The van der Waals surface area contributed by atoms with Crippen molar-refractivity contribution in [1.82, 2.24) is 0 Å². The molecule has 5 atom stereocenters. The maximum Gasteiger partial charge on any atom is 0.139 e. The van der Waals surface area contributed by atoms with E-state index < -0.39 is 5.60 Å². The van der Waals surface area contributed by atoms with Crippen molar-refractivity contribution < 1.29 is 9.75 Å². The number of rotatable bonds is 0. The van der Waals surface area contributed by atoms with Crippen LogP contribution in [0, 0.1) is 23.5 Å². The minimum Gasteiger partial charge on any atom is -0.633 e. The summed E-state index contributed by atoms with van der Waals surface area (Å²) in [6.07, 6.45) is 9.89. The fraction of sp³-hybridized carbons (Fsp3) is 0.846. The van der Waals surface area contributed by atoms with Gasteiger partial charge in [0.1, 0.15) is 5.60 Å². The fourth-order valence-corrected chi connectivity index (χ4v) is 3.56. The summed E-state index contributed by atoms with van der Waals surface area (Å²) in [5.41, 5.74) is -1.05. The molecule has 2 fully saturated rings. The minimum atomic E-state index is -1.05. The zero-order valence-corrected chi connectivity index (χ0v) is 10.1. The standard InChI is InChI=1S/C13H21NO2/c1-4-13(15)9-10(2)14(3,16)12-8-6-5-7-11(12)13/h1,10-12,15H,5-9H2,2-3H3/t10-,11+,12+,13+,14-/m1/s1. The summed E-state index contributed by atoms with van der Waals surface area (Å²) in [6, 6.07) is -0.126. The molecule has 1 heterocycles. The highest BCUT2D eigenvalue weighted by molar-refractivity contribution is 5.15. The number of nitrogens with zero attached hydrogens (tertiary/aromatic N) is 1. The minimum absolute atomic E-state index is 0.00931. The maximum atomic E-state index is 12.6. The van der Waals surface area contributed by atoms with Gasteiger partial charge < -0.3 is 15.0 Å². The van der Waals surface area contributed by atoms with Gasteiger partial charge >= 0.3 is 0 Å². The van der Waals surface area contributed by atoms with Gasteiger partial charge in [-0.1, -0.05) is 12.3 Å². The Hall–Kier alpha value is -0.560. The van der Waals surface area contributed by atoms with Crippen LogP contribution in [-0.2, 0) is 0 Å². The van der Waals surface area contributed by atoms with Crippen LogP contribution in [0.5, 0.6) is 0 Å². The molecule has 3 nitrogen and oxygen atoms in total. The van der Waals surface area contributed by atoms with E-state index in [4.69, 9.17) is 6.42 Å². The second kappa shape index (κ2) is 3.73. The molecule has 1 N–H and O–H groups in total. The molecule has 90 valence electrons. The van der Waals surface area contributed by atoms with Crippen LogP contribution in [-0.4, -0.2) is 34.5 Å². The van der Waals surface area contributed by atoms with Crippen molar-refractivity contribution in [3.8, 4) is 12.3 Å². The summed E-state index contributed by atoms with van der Waals surface area (Å²) >= 11 is 0. The molecule has 2 aliphatic rings. The molecule has 1 saturated heterocycles. The zero-order valence-electron chi connectivity index (χ0n) is 10.1. The molecule has 1 saturated carbocycles. The molecular formula is C13H21NO2. The Labute approximate surface area is 97.6 Å². The Balaban J connectivity index is 2.35. The first-order chi connectivity index (χ1) is 7.42. The number of hydrogen-bond acceptors (Lipinski definition) is 2. The van der Waals surface area contributed by atoms with Gasteiger partial charge in [-0.2, -0.15) is 0 Å². The topological polar surface area (TPSA) is 43.3 Å². The van der Waals surface area contributed by atoms with Crippen LogP contribution < -0.4 is 0 Å². The Morgan fingerprint density at radius 3 is 2.69 bits per heavy atom. The van der Waals surface area contributed by atoms with Gasteiger partial charge in [-0.15, -0.1) is 6.42 Å². The normalized spacial score (nSPS) is 52.8. The highest BCUT2D eigenvalue weighted by Gasteiger charge is 2.54. The van der Waals surface area contributed by atoms with Crippen LogP contribution in [0.15, 0.2) is 0 Å². The number of fused-ring (bicyclic) bond motifs is 1. The van der Waals surface area contributed by atoms with E-state index in [0.29, 0.717) is 6.42 Å². The van der Waals surface area contributed by atoms with E-state index in [1.165, 1.54) is 0 Å². The Kier molecular flexibility index (Phi) is 2.78. The predicted octanol–water partition coefficient (Wildman–Crippen LogP) is 1.65. The molecule has 1 aliphatic carbocycles. The van der Waals surface area contributed by atoms with Gasteiger partial charge in [0.05, 0.1) is 25.0 Å². The predicted molar refractivity (Wildman–Crippen MR) is 63.2 cm³/mol. The summed E-state index contributed by atoms with van der Waals surface area (Å²) in [7, 11) is 1.74. The molecule has 3 heteroatoms. The van der Waals surface area contributed by atoms with Crippen molar-refractivity contribution in [3.05, 3.63) is 5.21 Å². The van der Waals surface area contributed by atoms with E-state index in [2.05, 4.69) is 5.92 Å². The number of piperidine rings is 1. The van der Waals surface area contributed by atoms with Gasteiger partial charge in [-0.25, -0.2) is 0 Å². The molecule has 0 amide bonds. The summed E-state index contributed by atoms with van der Waals surface area (Å²) in [5.74, 6) is 2.55. The largest absolute Gasteiger partial charge is 0.633 e. The molecule has 2 rings (SSSR count). The fourth-order valence-electron chi connectivity index (χ4n) is 3.56. The van der Waals surface area contributed by atoms with E-state index in [1.807, 2.05) is 6.92 Å². The molecule has 0 bridgehead atoms. The van der Waals surface area contributed by atoms with Gasteiger partial charge in [0.2, 0.25) is 0 Å². The number of quaternary nitrogens is 1. The monoisotopic (exact) mass is 223 g/mol. The SMILES string of the molecule is C#C[C@]1(O)C[C@@H](C)[N@@+](C)([O-])[C@H]2CCCC[C@@H]21. The molecule has 0 aromatic rings. The lowest BCUT2D eigenvalue weighted by Crippen LogP contribution is -2.67. The molecule has 0 radical (unpaired) electrons. The molecule has 16 heavy (non-hydrogen) atoms. The Morgan fingerprint density at radius 2 is 2.06 bits per heavy atom. The van der Waals surface area contributed by atoms with Crippen molar-refractivity contribution in [3.63, 3.8) is 0 Å². The number of hydroxylamine groups is 3. The smallest absolute Gasteiger partial charge is 0.139 e. The Bertz CT molecular complexity index is 320. The van der Waals surface area contributed by atoms with Gasteiger partial charge in [0.15, 0.2) is 0 Å². The molecule has 0 unspecified atom stereocenters. The number of hydrogen-bond donors (Lipinski definition) is 1. The molecular weight excluding hydrogens is 202 g/mol. The highest BCUT2D eigenvalue weighted by atomic mass is 16.5. The molecule has 1 aliphatic heterocycles. The first-order valence-corrected chi connectivity index (χ1v) is 6.19. The van der Waals surface area contributed by atoms with E-state index in [9.17, 15) is 10.3 Å². The third-order valence-corrected chi connectivity index (χ3v) is 4.73. The average Bonchev–Trinajstić information content (AvgIpc) is 2.27. The van der Waals surface area contributed by atoms with E-state index >= 15 is 0 Å².